The molecule has 0 amide bonds. The molecule has 0 aromatic rings. The molecule has 0 radical (unpaired) electrons. The predicted octanol–water partition coefficient (Wildman–Crippen LogP) is 9.36. The third-order valence-electron chi connectivity index (χ3n) is 7.95. The molecule has 0 spiro atoms. The third-order valence-corrected chi connectivity index (χ3v) is 8.90. The molecule has 0 aliphatic rings. The number of phosphoric ester groups is 1. The van der Waals surface area contributed by atoms with Crippen molar-refractivity contribution in [2.75, 3.05) is 33.0 Å². The first-order valence-corrected chi connectivity index (χ1v) is 20.2. The average molecular weight is 679 g/mol. The molecule has 0 aliphatic heterocycles. The summed E-state index contributed by atoms with van der Waals surface area (Å²) in [6.07, 6.45) is 30.2. The highest BCUT2D eigenvalue weighted by Crippen LogP contribution is 2.43. The maximum Gasteiger partial charge on any atom is 0.472 e. The number of esters is 1. The topological polar surface area (TPSA) is 132 Å². The molecule has 3 unspecified atom stereocenters. The standard InChI is InChI=1S/C36H71O9P/c1-3-5-7-9-11-13-15-16-17-19-21-23-25-27-29-42-32-35(33-44-46(40,41)43-31-34(38)30-37)45-36(39)28-26-24-22-20-18-14-12-10-8-6-4-2/h10,12,34-35,37-38H,3-9,11,13-33H2,1-2H3,(H,40,41)/b12-10-. The van der Waals surface area contributed by atoms with E-state index in [4.69, 9.17) is 23.6 Å². The number of hydrogen-bond acceptors (Lipinski definition) is 8. The zero-order chi connectivity index (χ0) is 34.0. The molecule has 46 heavy (non-hydrogen) atoms. The second-order valence-electron chi connectivity index (χ2n) is 12.6. The lowest BCUT2D eigenvalue weighted by Gasteiger charge is -2.20. The average Bonchev–Trinajstić information content (AvgIpc) is 3.04. The first-order chi connectivity index (χ1) is 22.3. The molecular formula is C36H71O9P. The van der Waals surface area contributed by atoms with Gasteiger partial charge in [0.05, 0.1) is 26.4 Å². The van der Waals surface area contributed by atoms with E-state index in [1.165, 1.54) is 89.9 Å². The van der Waals surface area contributed by atoms with Crippen LogP contribution in [0.3, 0.4) is 0 Å². The van der Waals surface area contributed by atoms with Gasteiger partial charge in [0, 0.05) is 13.0 Å². The number of aliphatic hydroxyl groups excluding tert-OH is 2. The van der Waals surface area contributed by atoms with Crippen LogP contribution in [0.5, 0.6) is 0 Å². The Morgan fingerprint density at radius 1 is 0.652 bits per heavy atom. The largest absolute Gasteiger partial charge is 0.472 e. The highest BCUT2D eigenvalue weighted by molar-refractivity contribution is 7.47. The lowest BCUT2D eigenvalue weighted by atomic mass is 10.0. The molecule has 10 heteroatoms. The molecule has 0 heterocycles. The number of hydrogen-bond donors (Lipinski definition) is 3. The van der Waals surface area contributed by atoms with Gasteiger partial charge in [0.1, 0.15) is 12.2 Å². The first-order valence-electron chi connectivity index (χ1n) is 18.7. The van der Waals surface area contributed by atoms with Crippen LogP contribution in [0, 0.1) is 0 Å². The van der Waals surface area contributed by atoms with Crippen LogP contribution in [0.25, 0.3) is 0 Å². The predicted molar refractivity (Wildman–Crippen MR) is 187 cm³/mol. The van der Waals surface area contributed by atoms with E-state index in [1.807, 2.05) is 0 Å². The maximum absolute atomic E-state index is 12.5. The molecule has 3 N–H and O–H groups in total. The summed E-state index contributed by atoms with van der Waals surface area (Å²) < 4.78 is 33.2. The quantitative estimate of drug-likeness (QED) is 0.0257. The number of carbonyl (C=O) groups is 1. The molecular weight excluding hydrogens is 607 g/mol. The van der Waals surface area contributed by atoms with Crippen molar-refractivity contribution in [1.82, 2.24) is 0 Å². The van der Waals surface area contributed by atoms with Crippen LogP contribution in [-0.2, 0) is 27.9 Å². The number of rotatable bonds is 36. The molecule has 0 saturated heterocycles. The Kier molecular flexibility index (Phi) is 33.5. The van der Waals surface area contributed by atoms with Gasteiger partial charge in [-0.05, 0) is 32.1 Å². The summed E-state index contributed by atoms with van der Waals surface area (Å²) in [4.78, 5) is 22.4. The van der Waals surface area contributed by atoms with Crippen LogP contribution in [0.15, 0.2) is 12.2 Å². The Morgan fingerprint density at radius 3 is 1.70 bits per heavy atom. The van der Waals surface area contributed by atoms with Gasteiger partial charge in [-0.3, -0.25) is 13.8 Å². The summed E-state index contributed by atoms with van der Waals surface area (Å²) in [6, 6.07) is 0. The Balaban J connectivity index is 4.22. The van der Waals surface area contributed by atoms with E-state index in [0.29, 0.717) is 6.61 Å². The molecule has 0 bridgehead atoms. The Hall–Kier alpha value is -0.800. The maximum atomic E-state index is 12.5. The van der Waals surface area contributed by atoms with Crippen LogP contribution < -0.4 is 0 Å². The van der Waals surface area contributed by atoms with Crippen molar-refractivity contribution in [2.24, 2.45) is 0 Å². The fraction of sp³-hybridized carbons (Fsp3) is 0.917. The Bertz CT molecular complexity index is 734. The summed E-state index contributed by atoms with van der Waals surface area (Å²) in [5.74, 6) is -0.392. The van der Waals surface area contributed by atoms with Gasteiger partial charge in [0.15, 0.2) is 0 Å². The van der Waals surface area contributed by atoms with Gasteiger partial charge in [0.2, 0.25) is 0 Å². The fourth-order valence-corrected chi connectivity index (χ4v) is 5.83. The van der Waals surface area contributed by atoms with Gasteiger partial charge < -0.3 is 24.6 Å². The van der Waals surface area contributed by atoms with Gasteiger partial charge in [-0.25, -0.2) is 4.57 Å². The zero-order valence-corrected chi connectivity index (χ0v) is 30.4. The van der Waals surface area contributed by atoms with E-state index in [2.05, 4.69) is 26.0 Å². The van der Waals surface area contributed by atoms with E-state index in [1.54, 1.807) is 0 Å². The summed E-state index contributed by atoms with van der Waals surface area (Å²) in [5, 5.41) is 18.3. The second-order valence-corrected chi connectivity index (χ2v) is 14.1. The van der Waals surface area contributed by atoms with Crippen molar-refractivity contribution in [3.05, 3.63) is 12.2 Å². The van der Waals surface area contributed by atoms with Crippen molar-refractivity contribution in [3.8, 4) is 0 Å². The summed E-state index contributed by atoms with van der Waals surface area (Å²) >= 11 is 0. The van der Waals surface area contributed by atoms with Crippen LogP contribution in [0.1, 0.15) is 168 Å². The van der Waals surface area contributed by atoms with Crippen LogP contribution in [0.4, 0.5) is 0 Å². The summed E-state index contributed by atoms with van der Waals surface area (Å²) in [7, 11) is -4.50. The number of ether oxygens (including phenoxy) is 2. The minimum atomic E-state index is -4.50. The minimum Gasteiger partial charge on any atom is -0.457 e. The lowest BCUT2D eigenvalue weighted by Crippen LogP contribution is -2.29. The monoisotopic (exact) mass is 678 g/mol. The van der Waals surface area contributed by atoms with Crippen LogP contribution in [-0.4, -0.2) is 66.3 Å². The van der Waals surface area contributed by atoms with Crippen molar-refractivity contribution in [3.63, 3.8) is 0 Å². The molecule has 0 aromatic heterocycles. The number of phosphoric acid groups is 1. The molecule has 0 aromatic carbocycles. The van der Waals surface area contributed by atoms with Crippen LogP contribution in [0.2, 0.25) is 0 Å². The molecule has 274 valence electrons. The van der Waals surface area contributed by atoms with Gasteiger partial charge in [-0.15, -0.1) is 0 Å². The normalized spacial score (nSPS) is 14.5. The van der Waals surface area contributed by atoms with Crippen LogP contribution >= 0.6 is 7.82 Å². The van der Waals surface area contributed by atoms with Gasteiger partial charge in [-0.2, -0.15) is 0 Å². The minimum absolute atomic E-state index is 0.0508. The third kappa shape index (κ3) is 33.1. The zero-order valence-electron chi connectivity index (χ0n) is 29.6. The highest BCUT2D eigenvalue weighted by atomic mass is 31.2. The first kappa shape index (κ1) is 45.2. The SMILES string of the molecule is CCCC/C=C\CCCCCCCC(=O)OC(COCCCCCCCCCCCCCCCC)COP(=O)(O)OCC(O)CO. The molecule has 9 nitrogen and oxygen atoms in total. The number of allylic oxidation sites excluding steroid dienone is 2. The van der Waals surface area contributed by atoms with E-state index in [-0.39, 0.29) is 19.6 Å². The Morgan fingerprint density at radius 2 is 1.13 bits per heavy atom. The van der Waals surface area contributed by atoms with E-state index >= 15 is 0 Å². The van der Waals surface area contributed by atoms with Crippen molar-refractivity contribution < 1.29 is 43.0 Å². The molecule has 0 rings (SSSR count). The van der Waals surface area contributed by atoms with E-state index < -0.39 is 39.2 Å². The van der Waals surface area contributed by atoms with E-state index in [0.717, 1.165) is 57.8 Å². The summed E-state index contributed by atoms with van der Waals surface area (Å²) in [5.41, 5.74) is 0. The van der Waals surface area contributed by atoms with Crippen molar-refractivity contribution >= 4 is 13.8 Å². The molecule has 0 fully saturated rings. The molecule has 3 atom stereocenters. The van der Waals surface area contributed by atoms with Crippen molar-refractivity contribution in [2.45, 2.75) is 180 Å². The number of aliphatic hydroxyl groups is 2. The van der Waals surface area contributed by atoms with Gasteiger partial charge in [0.25, 0.3) is 0 Å². The number of carbonyl (C=O) groups excluding carboxylic acids is 1. The smallest absolute Gasteiger partial charge is 0.457 e. The summed E-state index contributed by atoms with van der Waals surface area (Å²) in [6.45, 7) is 3.48. The highest BCUT2D eigenvalue weighted by Gasteiger charge is 2.26. The van der Waals surface area contributed by atoms with Crippen molar-refractivity contribution in [1.29, 1.82) is 0 Å². The van der Waals surface area contributed by atoms with Gasteiger partial charge in [-0.1, -0.05) is 142 Å². The Labute approximate surface area is 281 Å². The number of unbranched alkanes of at least 4 members (excludes halogenated alkanes) is 20. The second kappa shape index (κ2) is 34.1. The van der Waals surface area contributed by atoms with Gasteiger partial charge >= 0.3 is 13.8 Å². The van der Waals surface area contributed by atoms with E-state index in [9.17, 15) is 19.4 Å². The molecule has 0 aliphatic carbocycles. The molecule has 0 saturated carbocycles. The lowest BCUT2D eigenvalue weighted by molar-refractivity contribution is -0.154. The fourth-order valence-electron chi connectivity index (χ4n) is 5.04.